The number of rotatable bonds is 3. The lowest BCUT2D eigenvalue weighted by atomic mass is 9.97. The van der Waals surface area contributed by atoms with Crippen LogP contribution in [0.3, 0.4) is 0 Å². The molecule has 0 aliphatic carbocycles. The number of aromatic amines is 1. The standard InChI is InChI=1S/C17H19N5O/c1-21(11-12-4-6-22-7-5-18-16(22)8-12)17(23)13-2-3-15-14(9-13)10-19-20-15/h2-3,5,7,9-10,12H,4,6,8,11H2,1H3,(H,19,20). The largest absolute Gasteiger partial charge is 0.341 e. The fourth-order valence-corrected chi connectivity index (χ4v) is 3.34. The monoisotopic (exact) mass is 309 g/mol. The number of fused-ring (bicyclic) bond motifs is 2. The zero-order valence-corrected chi connectivity index (χ0v) is 13.1. The van der Waals surface area contributed by atoms with E-state index in [0.29, 0.717) is 11.5 Å². The van der Waals surface area contributed by atoms with E-state index < -0.39 is 0 Å². The van der Waals surface area contributed by atoms with Gasteiger partial charge < -0.3 is 9.47 Å². The van der Waals surface area contributed by atoms with Crippen LogP contribution in [0.15, 0.2) is 36.8 Å². The summed E-state index contributed by atoms with van der Waals surface area (Å²) in [6.45, 7) is 1.75. The zero-order valence-electron chi connectivity index (χ0n) is 13.1. The van der Waals surface area contributed by atoms with Gasteiger partial charge in [-0.05, 0) is 30.5 Å². The number of imidazole rings is 1. The molecule has 1 N–H and O–H groups in total. The van der Waals surface area contributed by atoms with Gasteiger partial charge in [0.25, 0.3) is 5.91 Å². The van der Waals surface area contributed by atoms with Crippen LogP contribution in [0.5, 0.6) is 0 Å². The van der Waals surface area contributed by atoms with E-state index in [1.807, 2.05) is 42.5 Å². The molecule has 1 unspecified atom stereocenters. The van der Waals surface area contributed by atoms with Gasteiger partial charge in [-0.2, -0.15) is 5.10 Å². The van der Waals surface area contributed by atoms with Crippen LogP contribution in [0.1, 0.15) is 22.6 Å². The summed E-state index contributed by atoms with van der Waals surface area (Å²) in [5, 5.41) is 7.86. The number of H-pyrrole nitrogens is 1. The summed E-state index contributed by atoms with van der Waals surface area (Å²) in [5.74, 6) is 1.65. The van der Waals surface area contributed by atoms with E-state index in [2.05, 4.69) is 19.7 Å². The summed E-state index contributed by atoms with van der Waals surface area (Å²) in [6.07, 6.45) is 7.65. The van der Waals surface area contributed by atoms with Crippen LogP contribution in [-0.4, -0.2) is 44.1 Å². The topological polar surface area (TPSA) is 66.8 Å². The van der Waals surface area contributed by atoms with Crippen LogP contribution in [-0.2, 0) is 13.0 Å². The summed E-state index contributed by atoms with van der Waals surface area (Å²) in [7, 11) is 1.88. The van der Waals surface area contributed by atoms with E-state index in [-0.39, 0.29) is 5.91 Å². The Bertz CT molecular complexity index is 849. The molecule has 0 saturated heterocycles. The molecule has 2 aromatic heterocycles. The Morgan fingerprint density at radius 2 is 2.39 bits per heavy atom. The fourth-order valence-electron chi connectivity index (χ4n) is 3.34. The predicted octanol–water partition coefficient (Wildman–Crippen LogP) is 2.09. The highest BCUT2D eigenvalue weighted by atomic mass is 16.2. The molecule has 1 aliphatic rings. The average molecular weight is 309 g/mol. The molecule has 118 valence electrons. The first-order valence-corrected chi connectivity index (χ1v) is 7.89. The number of amides is 1. The summed E-state index contributed by atoms with van der Waals surface area (Å²) in [4.78, 5) is 18.9. The van der Waals surface area contributed by atoms with Gasteiger partial charge in [0.15, 0.2) is 0 Å². The highest BCUT2D eigenvalue weighted by Gasteiger charge is 2.22. The van der Waals surface area contributed by atoms with Gasteiger partial charge in [0.2, 0.25) is 0 Å². The lowest BCUT2D eigenvalue weighted by Gasteiger charge is -2.28. The number of carbonyl (C=O) groups is 1. The molecule has 4 rings (SSSR count). The van der Waals surface area contributed by atoms with Gasteiger partial charge >= 0.3 is 0 Å². The van der Waals surface area contributed by atoms with Crippen molar-refractivity contribution in [2.45, 2.75) is 19.4 Å². The zero-order chi connectivity index (χ0) is 15.8. The van der Waals surface area contributed by atoms with Gasteiger partial charge in [-0.1, -0.05) is 0 Å². The van der Waals surface area contributed by atoms with Crippen molar-refractivity contribution in [2.24, 2.45) is 5.92 Å². The Labute approximate surface area is 134 Å². The van der Waals surface area contributed by atoms with E-state index in [1.54, 1.807) is 6.20 Å². The van der Waals surface area contributed by atoms with E-state index >= 15 is 0 Å². The molecule has 1 amide bonds. The molecular formula is C17H19N5O. The summed E-state index contributed by atoms with van der Waals surface area (Å²) in [5.41, 5.74) is 1.65. The lowest BCUT2D eigenvalue weighted by Crippen LogP contribution is -2.35. The van der Waals surface area contributed by atoms with Crippen molar-refractivity contribution < 1.29 is 4.79 Å². The maximum Gasteiger partial charge on any atom is 0.253 e. The third kappa shape index (κ3) is 2.60. The van der Waals surface area contributed by atoms with Gasteiger partial charge in [-0.15, -0.1) is 0 Å². The molecule has 0 spiro atoms. The first-order chi connectivity index (χ1) is 11.2. The Morgan fingerprint density at radius 3 is 3.30 bits per heavy atom. The normalized spacial score (nSPS) is 17.2. The maximum absolute atomic E-state index is 12.7. The molecule has 1 atom stereocenters. The summed E-state index contributed by atoms with van der Waals surface area (Å²) in [6, 6.07) is 5.65. The number of benzene rings is 1. The SMILES string of the molecule is CN(CC1CCn2ccnc2C1)C(=O)c1ccc2[nH]ncc2c1. The molecule has 6 nitrogen and oxygen atoms in total. The van der Waals surface area contributed by atoms with E-state index in [9.17, 15) is 4.79 Å². The third-order valence-corrected chi connectivity index (χ3v) is 4.62. The van der Waals surface area contributed by atoms with Crippen molar-refractivity contribution in [1.29, 1.82) is 0 Å². The third-order valence-electron chi connectivity index (χ3n) is 4.62. The molecule has 1 aromatic carbocycles. The Hall–Kier alpha value is -2.63. The lowest BCUT2D eigenvalue weighted by molar-refractivity contribution is 0.0764. The van der Waals surface area contributed by atoms with Crippen molar-refractivity contribution >= 4 is 16.8 Å². The highest BCUT2D eigenvalue weighted by Crippen LogP contribution is 2.21. The number of aryl methyl sites for hydroxylation is 1. The molecule has 23 heavy (non-hydrogen) atoms. The molecule has 3 aromatic rings. The van der Waals surface area contributed by atoms with Crippen LogP contribution in [0, 0.1) is 5.92 Å². The number of aromatic nitrogens is 4. The Kier molecular flexibility index (Phi) is 3.37. The van der Waals surface area contributed by atoms with Crippen molar-refractivity contribution in [2.75, 3.05) is 13.6 Å². The second-order valence-corrected chi connectivity index (χ2v) is 6.25. The van der Waals surface area contributed by atoms with Crippen molar-refractivity contribution in [3.05, 3.63) is 48.2 Å². The van der Waals surface area contributed by atoms with Gasteiger partial charge in [0.05, 0.1) is 11.7 Å². The second-order valence-electron chi connectivity index (χ2n) is 6.25. The number of carbonyl (C=O) groups excluding carboxylic acids is 1. The van der Waals surface area contributed by atoms with Gasteiger partial charge in [0.1, 0.15) is 5.82 Å². The van der Waals surface area contributed by atoms with Crippen molar-refractivity contribution in [3.8, 4) is 0 Å². The number of hydrogen-bond acceptors (Lipinski definition) is 3. The molecule has 0 radical (unpaired) electrons. The smallest absolute Gasteiger partial charge is 0.253 e. The molecule has 0 saturated carbocycles. The minimum Gasteiger partial charge on any atom is -0.341 e. The van der Waals surface area contributed by atoms with Gasteiger partial charge in [-0.3, -0.25) is 9.89 Å². The average Bonchev–Trinajstić information content (AvgIpc) is 3.21. The Morgan fingerprint density at radius 1 is 1.48 bits per heavy atom. The molecule has 3 heterocycles. The van der Waals surface area contributed by atoms with Gasteiger partial charge in [0, 0.05) is 49.9 Å². The number of hydrogen-bond donors (Lipinski definition) is 1. The predicted molar refractivity (Wildman–Crippen MR) is 87.1 cm³/mol. The molecule has 0 fully saturated rings. The molecule has 0 bridgehead atoms. The fraction of sp³-hybridized carbons (Fsp3) is 0.353. The van der Waals surface area contributed by atoms with E-state index in [0.717, 1.165) is 42.7 Å². The molecule has 1 aliphatic heterocycles. The van der Waals surface area contributed by atoms with Crippen LogP contribution in [0.2, 0.25) is 0 Å². The molecular weight excluding hydrogens is 290 g/mol. The maximum atomic E-state index is 12.7. The first kappa shape index (κ1) is 14.0. The van der Waals surface area contributed by atoms with E-state index in [1.165, 1.54) is 0 Å². The number of nitrogens with one attached hydrogen (secondary N) is 1. The quantitative estimate of drug-likeness (QED) is 0.805. The van der Waals surface area contributed by atoms with Gasteiger partial charge in [-0.25, -0.2) is 4.98 Å². The van der Waals surface area contributed by atoms with Crippen LogP contribution >= 0.6 is 0 Å². The number of nitrogens with zero attached hydrogens (tertiary/aromatic N) is 4. The van der Waals surface area contributed by atoms with Crippen LogP contribution < -0.4 is 0 Å². The van der Waals surface area contributed by atoms with Crippen molar-refractivity contribution in [3.63, 3.8) is 0 Å². The van der Waals surface area contributed by atoms with Crippen LogP contribution in [0.25, 0.3) is 10.9 Å². The summed E-state index contributed by atoms with van der Waals surface area (Å²) < 4.78 is 2.20. The summed E-state index contributed by atoms with van der Waals surface area (Å²) >= 11 is 0. The Balaban J connectivity index is 1.46. The minimum absolute atomic E-state index is 0.0574. The minimum atomic E-state index is 0.0574. The van der Waals surface area contributed by atoms with E-state index in [4.69, 9.17) is 0 Å². The first-order valence-electron chi connectivity index (χ1n) is 7.89. The highest BCUT2D eigenvalue weighted by molar-refractivity contribution is 5.97. The second kappa shape index (κ2) is 5.53. The van der Waals surface area contributed by atoms with Crippen molar-refractivity contribution in [1.82, 2.24) is 24.6 Å². The molecule has 6 heteroatoms. The van der Waals surface area contributed by atoms with Crippen LogP contribution in [0.4, 0.5) is 0 Å².